The molecule has 0 saturated carbocycles. The number of ether oxygens (including phenoxy) is 1. The van der Waals surface area contributed by atoms with Gasteiger partial charge in [0, 0.05) is 12.2 Å². The number of hydrogen-bond acceptors (Lipinski definition) is 4. The van der Waals surface area contributed by atoms with Crippen molar-refractivity contribution in [2.24, 2.45) is 11.1 Å². The molecule has 0 saturated heterocycles. The molecule has 0 aromatic heterocycles. The number of hydrogen-bond donors (Lipinski definition) is 3. The van der Waals surface area contributed by atoms with Gasteiger partial charge in [0.2, 0.25) is 5.91 Å². The summed E-state index contributed by atoms with van der Waals surface area (Å²) in [5, 5.41) is 2.60. The number of carbonyl (C=O) groups excluding carboxylic acids is 2. The molecule has 0 fully saturated rings. The van der Waals surface area contributed by atoms with Gasteiger partial charge in [-0.05, 0) is 38.1 Å². The third-order valence-electron chi connectivity index (χ3n) is 2.64. The number of primary amides is 1. The highest BCUT2D eigenvalue weighted by atomic mass is 16.5. The minimum atomic E-state index is -0.781. The summed E-state index contributed by atoms with van der Waals surface area (Å²) >= 11 is 0. The Hall–Kier alpha value is -2.24. The number of amides is 2. The van der Waals surface area contributed by atoms with Gasteiger partial charge < -0.3 is 21.5 Å². The van der Waals surface area contributed by atoms with E-state index in [-0.39, 0.29) is 19.1 Å². The Balaban J connectivity index is 2.36. The molecule has 6 nitrogen and oxygen atoms in total. The molecule has 0 atom stereocenters. The van der Waals surface area contributed by atoms with Gasteiger partial charge in [0.05, 0.1) is 5.41 Å². The quantitative estimate of drug-likeness (QED) is 0.642. The number of anilines is 1. The highest BCUT2D eigenvalue weighted by Gasteiger charge is 2.25. The van der Waals surface area contributed by atoms with E-state index in [0.29, 0.717) is 11.4 Å². The average Bonchev–Trinajstić information content (AvgIpc) is 2.35. The lowest BCUT2D eigenvalue weighted by Gasteiger charge is -2.20. The first-order chi connectivity index (χ1) is 8.81. The second-order valence-corrected chi connectivity index (χ2v) is 4.88. The predicted molar refractivity (Wildman–Crippen MR) is 72.3 cm³/mol. The van der Waals surface area contributed by atoms with Crippen molar-refractivity contribution in [2.75, 3.05) is 18.9 Å². The van der Waals surface area contributed by atoms with Crippen LogP contribution in [0.3, 0.4) is 0 Å². The SMILES string of the molecule is CC(C)(CNC(=O)COc1ccc(N)cc1)C(N)=O. The predicted octanol–water partition coefficient (Wildman–Crippen LogP) is 0.275. The molecule has 0 aliphatic heterocycles. The fraction of sp³-hybridized carbons (Fsp3) is 0.385. The van der Waals surface area contributed by atoms with Crippen molar-refractivity contribution in [1.82, 2.24) is 5.32 Å². The van der Waals surface area contributed by atoms with E-state index in [0.717, 1.165) is 0 Å². The van der Waals surface area contributed by atoms with Crippen molar-refractivity contribution in [2.45, 2.75) is 13.8 Å². The van der Waals surface area contributed by atoms with Crippen LogP contribution in [0.1, 0.15) is 13.8 Å². The van der Waals surface area contributed by atoms with E-state index in [1.54, 1.807) is 38.1 Å². The van der Waals surface area contributed by atoms with Crippen LogP contribution in [-0.2, 0) is 9.59 Å². The Morgan fingerprint density at radius 1 is 1.26 bits per heavy atom. The monoisotopic (exact) mass is 265 g/mol. The Bertz CT molecular complexity index is 455. The molecule has 0 unspecified atom stereocenters. The minimum absolute atomic E-state index is 0.126. The second-order valence-electron chi connectivity index (χ2n) is 4.88. The van der Waals surface area contributed by atoms with Gasteiger partial charge in [-0.3, -0.25) is 9.59 Å². The summed E-state index contributed by atoms with van der Waals surface area (Å²) in [6.07, 6.45) is 0. The summed E-state index contributed by atoms with van der Waals surface area (Å²) in [7, 11) is 0. The molecule has 1 aromatic carbocycles. The zero-order valence-electron chi connectivity index (χ0n) is 11.1. The maximum absolute atomic E-state index is 11.5. The van der Waals surface area contributed by atoms with Crippen molar-refractivity contribution < 1.29 is 14.3 Å². The largest absolute Gasteiger partial charge is 0.484 e. The molecule has 5 N–H and O–H groups in total. The van der Waals surface area contributed by atoms with Crippen LogP contribution in [0.5, 0.6) is 5.75 Å². The first-order valence-electron chi connectivity index (χ1n) is 5.86. The lowest BCUT2D eigenvalue weighted by atomic mass is 9.93. The molecule has 0 bridgehead atoms. The third-order valence-corrected chi connectivity index (χ3v) is 2.64. The van der Waals surface area contributed by atoms with Crippen LogP contribution in [0.25, 0.3) is 0 Å². The van der Waals surface area contributed by atoms with Crippen LogP contribution in [0.15, 0.2) is 24.3 Å². The molecule has 0 aliphatic carbocycles. The van der Waals surface area contributed by atoms with E-state index in [4.69, 9.17) is 16.2 Å². The number of rotatable bonds is 6. The second kappa shape index (κ2) is 6.08. The van der Waals surface area contributed by atoms with E-state index < -0.39 is 11.3 Å². The van der Waals surface area contributed by atoms with Crippen LogP contribution in [0.4, 0.5) is 5.69 Å². The van der Waals surface area contributed by atoms with Crippen molar-refractivity contribution in [3.05, 3.63) is 24.3 Å². The van der Waals surface area contributed by atoms with Gasteiger partial charge in [-0.2, -0.15) is 0 Å². The maximum Gasteiger partial charge on any atom is 0.257 e. The summed E-state index contributed by atoms with van der Waals surface area (Å²) in [6.45, 7) is 3.37. The van der Waals surface area contributed by atoms with E-state index >= 15 is 0 Å². The van der Waals surface area contributed by atoms with Crippen LogP contribution in [-0.4, -0.2) is 25.0 Å². The van der Waals surface area contributed by atoms with Crippen molar-refractivity contribution in [3.8, 4) is 5.75 Å². The Morgan fingerprint density at radius 2 is 1.84 bits per heavy atom. The highest BCUT2D eigenvalue weighted by Crippen LogP contribution is 2.13. The Kier molecular flexibility index (Phi) is 4.74. The molecule has 19 heavy (non-hydrogen) atoms. The molecular weight excluding hydrogens is 246 g/mol. The van der Waals surface area contributed by atoms with Gasteiger partial charge in [-0.15, -0.1) is 0 Å². The number of nitrogen functional groups attached to an aromatic ring is 1. The average molecular weight is 265 g/mol. The van der Waals surface area contributed by atoms with E-state index in [9.17, 15) is 9.59 Å². The third kappa shape index (κ3) is 4.87. The number of nitrogens with two attached hydrogens (primary N) is 2. The lowest BCUT2D eigenvalue weighted by Crippen LogP contribution is -2.43. The van der Waals surface area contributed by atoms with Crippen LogP contribution in [0.2, 0.25) is 0 Å². The first-order valence-corrected chi connectivity index (χ1v) is 5.86. The van der Waals surface area contributed by atoms with E-state index in [1.165, 1.54) is 0 Å². The van der Waals surface area contributed by atoms with Gasteiger partial charge in [-0.25, -0.2) is 0 Å². The maximum atomic E-state index is 11.5. The fourth-order valence-corrected chi connectivity index (χ4v) is 1.17. The normalized spacial score (nSPS) is 10.8. The molecule has 0 radical (unpaired) electrons. The number of carbonyl (C=O) groups is 2. The van der Waals surface area contributed by atoms with Crippen LogP contribution in [0, 0.1) is 5.41 Å². The molecule has 0 heterocycles. The van der Waals surface area contributed by atoms with Gasteiger partial charge in [-0.1, -0.05) is 0 Å². The van der Waals surface area contributed by atoms with E-state index in [2.05, 4.69) is 5.32 Å². The molecule has 1 aromatic rings. The van der Waals surface area contributed by atoms with Crippen molar-refractivity contribution >= 4 is 17.5 Å². The Morgan fingerprint density at radius 3 is 2.37 bits per heavy atom. The number of nitrogens with one attached hydrogen (secondary N) is 1. The topological polar surface area (TPSA) is 107 Å². The van der Waals surface area contributed by atoms with Crippen molar-refractivity contribution in [3.63, 3.8) is 0 Å². The molecule has 0 spiro atoms. The summed E-state index contributed by atoms with van der Waals surface area (Å²) in [5.41, 5.74) is 10.6. The van der Waals surface area contributed by atoms with Crippen LogP contribution >= 0.6 is 0 Å². The first kappa shape index (κ1) is 14.8. The molecule has 0 aliphatic rings. The summed E-state index contributed by atoms with van der Waals surface area (Å²) in [4.78, 5) is 22.6. The van der Waals surface area contributed by atoms with Gasteiger partial charge in [0.15, 0.2) is 6.61 Å². The van der Waals surface area contributed by atoms with Gasteiger partial charge in [0.25, 0.3) is 5.91 Å². The lowest BCUT2D eigenvalue weighted by molar-refractivity contribution is -0.127. The molecule has 1 rings (SSSR count). The Labute approximate surface area is 112 Å². The van der Waals surface area contributed by atoms with Crippen molar-refractivity contribution in [1.29, 1.82) is 0 Å². The summed E-state index contributed by atoms with van der Waals surface area (Å²) in [5.74, 6) is -0.225. The molecule has 104 valence electrons. The smallest absolute Gasteiger partial charge is 0.257 e. The molecular formula is C13H19N3O3. The molecule has 6 heteroatoms. The molecule has 2 amide bonds. The highest BCUT2D eigenvalue weighted by molar-refractivity contribution is 5.82. The van der Waals surface area contributed by atoms with Gasteiger partial charge in [0.1, 0.15) is 5.75 Å². The zero-order chi connectivity index (χ0) is 14.5. The van der Waals surface area contributed by atoms with Crippen LogP contribution < -0.4 is 21.5 Å². The number of benzene rings is 1. The van der Waals surface area contributed by atoms with Gasteiger partial charge >= 0.3 is 0 Å². The summed E-state index contributed by atoms with van der Waals surface area (Å²) in [6, 6.07) is 6.72. The summed E-state index contributed by atoms with van der Waals surface area (Å²) < 4.78 is 5.26. The standard InChI is InChI=1S/C13H19N3O3/c1-13(2,12(15)18)8-16-11(17)7-19-10-5-3-9(14)4-6-10/h3-6H,7-8,14H2,1-2H3,(H2,15,18)(H,16,17). The minimum Gasteiger partial charge on any atom is -0.484 e. The van der Waals surface area contributed by atoms with E-state index in [1.807, 2.05) is 0 Å². The zero-order valence-corrected chi connectivity index (χ0v) is 11.1. The fourth-order valence-electron chi connectivity index (χ4n) is 1.17.